The Balaban J connectivity index is 1.96. The van der Waals surface area contributed by atoms with E-state index in [1.54, 1.807) is 0 Å². The van der Waals surface area contributed by atoms with E-state index in [1.807, 2.05) is 0 Å². The SMILES string of the molecule is Nc1n[nH]c2nc(Sc3ccc(F)cc3F)ncc12. The molecule has 0 saturated heterocycles. The van der Waals surface area contributed by atoms with E-state index < -0.39 is 11.6 Å². The molecule has 0 amide bonds. The van der Waals surface area contributed by atoms with Crippen LogP contribution in [0.3, 0.4) is 0 Å². The fraction of sp³-hybridized carbons (Fsp3) is 0. The van der Waals surface area contributed by atoms with Crippen LogP contribution in [-0.4, -0.2) is 20.2 Å². The summed E-state index contributed by atoms with van der Waals surface area (Å²) in [5.74, 6) is -0.975. The topological polar surface area (TPSA) is 80.5 Å². The van der Waals surface area contributed by atoms with Crippen molar-refractivity contribution in [3.05, 3.63) is 36.0 Å². The van der Waals surface area contributed by atoms with Crippen LogP contribution >= 0.6 is 11.8 Å². The lowest BCUT2D eigenvalue weighted by Gasteiger charge is -2.01. The summed E-state index contributed by atoms with van der Waals surface area (Å²) in [6, 6.07) is 3.33. The fourth-order valence-electron chi connectivity index (χ4n) is 1.52. The number of halogens is 2. The van der Waals surface area contributed by atoms with Gasteiger partial charge in [-0.2, -0.15) is 5.10 Å². The third-order valence-corrected chi connectivity index (χ3v) is 3.35. The van der Waals surface area contributed by atoms with E-state index in [4.69, 9.17) is 5.73 Å². The molecule has 2 heterocycles. The molecular weight excluding hydrogens is 272 g/mol. The Morgan fingerprint density at radius 2 is 2.11 bits per heavy atom. The van der Waals surface area contributed by atoms with Crippen molar-refractivity contribution in [3.63, 3.8) is 0 Å². The van der Waals surface area contributed by atoms with Gasteiger partial charge in [-0.15, -0.1) is 0 Å². The molecule has 2 aromatic heterocycles. The predicted octanol–water partition coefficient (Wildman–Crippen LogP) is 2.36. The van der Waals surface area contributed by atoms with Crippen molar-refractivity contribution >= 4 is 28.6 Å². The molecule has 0 atom stereocenters. The average molecular weight is 279 g/mol. The first-order chi connectivity index (χ1) is 9.13. The van der Waals surface area contributed by atoms with E-state index in [0.29, 0.717) is 22.0 Å². The van der Waals surface area contributed by atoms with Gasteiger partial charge in [-0.05, 0) is 23.9 Å². The number of hydrogen-bond donors (Lipinski definition) is 2. The third-order valence-electron chi connectivity index (χ3n) is 2.42. The van der Waals surface area contributed by atoms with Crippen LogP contribution < -0.4 is 5.73 Å². The summed E-state index contributed by atoms with van der Waals surface area (Å²) in [7, 11) is 0. The minimum atomic E-state index is -0.655. The van der Waals surface area contributed by atoms with Gasteiger partial charge in [0.25, 0.3) is 0 Å². The monoisotopic (exact) mass is 279 g/mol. The molecule has 0 aliphatic rings. The van der Waals surface area contributed by atoms with Crippen molar-refractivity contribution in [1.82, 2.24) is 20.2 Å². The van der Waals surface area contributed by atoms with E-state index in [1.165, 1.54) is 18.3 Å². The second kappa shape index (κ2) is 4.47. The number of benzene rings is 1. The molecule has 1 aromatic carbocycles. The Hall–Kier alpha value is -2.22. The van der Waals surface area contributed by atoms with Crippen molar-refractivity contribution < 1.29 is 8.78 Å². The maximum atomic E-state index is 13.5. The van der Waals surface area contributed by atoms with Crippen LogP contribution in [0.2, 0.25) is 0 Å². The van der Waals surface area contributed by atoms with Crippen LogP contribution in [0.25, 0.3) is 11.0 Å². The first kappa shape index (κ1) is 11.8. The molecule has 0 radical (unpaired) electrons. The fourth-order valence-corrected chi connectivity index (χ4v) is 2.25. The van der Waals surface area contributed by atoms with Gasteiger partial charge in [0.1, 0.15) is 11.6 Å². The molecule has 0 spiro atoms. The lowest BCUT2D eigenvalue weighted by atomic mass is 10.3. The molecule has 0 aliphatic heterocycles. The Bertz CT molecular complexity index is 758. The maximum absolute atomic E-state index is 13.5. The second-order valence-corrected chi connectivity index (χ2v) is 4.71. The molecule has 0 unspecified atom stereocenters. The molecule has 8 heteroatoms. The third kappa shape index (κ3) is 2.22. The summed E-state index contributed by atoms with van der Waals surface area (Å²) >= 11 is 0.995. The van der Waals surface area contributed by atoms with E-state index in [9.17, 15) is 8.78 Å². The van der Waals surface area contributed by atoms with E-state index in [-0.39, 0.29) is 4.90 Å². The summed E-state index contributed by atoms with van der Waals surface area (Å²) in [6.45, 7) is 0. The molecule has 19 heavy (non-hydrogen) atoms. The summed E-state index contributed by atoms with van der Waals surface area (Å²) in [4.78, 5) is 8.44. The van der Waals surface area contributed by atoms with Crippen molar-refractivity contribution in [2.75, 3.05) is 5.73 Å². The predicted molar refractivity (Wildman–Crippen MR) is 66.6 cm³/mol. The second-order valence-electron chi connectivity index (χ2n) is 3.70. The van der Waals surface area contributed by atoms with Crippen LogP contribution in [0, 0.1) is 11.6 Å². The number of rotatable bonds is 2. The molecule has 3 aromatic rings. The summed E-state index contributed by atoms with van der Waals surface area (Å²) in [5.41, 5.74) is 6.06. The van der Waals surface area contributed by atoms with E-state index >= 15 is 0 Å². The zero-order chi connectivity index (χ0) is 13.4. The normalized spacial score (nSPS) is 11.1. The van der Waals surface area contributed by atoms with Gasteiger partial charge in [0.05, 0.1) is 10.3 Å². The number of nitrogens with one attached hydrogen (secondary N) is 1. The first-order valence-electron chi connectivity index (χ1n) is 5.23. The highest BCUT2D eigenvalue weighted by molar-refractivity contribution is 7.99. The highest BCUT2D eigenvalue weighted by Gasteiger charge is 2.10. The first-order valence-corrected chi connectivity index (χ1v) is 6.04. The van der Waals surface area contributed by atoms with Crippen LogP contribution in [-0.2, 0) is 0 Å². The Kier molecular flexibility index (Phi) is 2.79. The van der Waals surface area contributed by atoms with Gasteiger partial charge in [-0.25, -0.2) is 18.7 Å². The van der Waals surface area contributed by atoms with Gasteiger partial charge in [0.2, 0.25) is 0 Å². The van der Waals surface area contributed by atoms with Crippen LogP contribution in [0.4, 0.5) is 14.6 Å². The number of hydrogen-bond acceptors (Lipinski definition) is 5. The quantitative estimate of drug-likeness (QED) is 0.704. The highest BCUT2D eigenvalue weighted by atomic mass is 32.2. The number of aromatic amines is 1. The Morgan fingerprint density at radius 3 is 2.89 bits per heavy atom. The molecule has 96 valence electrons. The number of anilines is 1. The van der Waals surface area contributed by atoms with Crippen molar-refractivity contribution in [2.24, 2.45) is 0 Å². The molecule has 0 saturated carbocycles. The minimum absolute atomic E-state index is 0.244. The zero-order valence-corrected chi connectivity index (χ0v) is 10.2. The van der Waals surface area contributed by atoms with Crippen molar-refractivity contribution in [1.29, 1.82) is 0 Å². The van der Waals surface area contributed by atoms with E-state index in [0.717, 1.165) is 17.8 Å². The number of fused-ring (bicyclic) bond motifs is 1. The number of H-pyrrole nitrogens is 1. The number of nitrogens with two attached hydrogens (primary N) is 1. The van der Waals surface area contributed by atoms with Crippen LogP contribution in [0.1, 0.15) is 0 Å². The van der Waals surface area contributed by atoms with Gasteiger partial charge in [-0.1, -0.05) is 0 Å². The molecule has 0 fully saturated rings. The molecule has 0 aliphatic carbocycles. The molecule has 5 nitrogen and oxygen atoms in total. The number of aromatic nitrogens is 4. The Labute approximate surface area is 110 Å². The zero-order valence-electron chi connectivity index (χ0n) is 9.39. The number of nitrogen functional groups attached to an aromatic ring is 1. The van der Waals surface area contributed by atoms with Gasteiger partial charge in [-0.3, -0.25) is 5.10 Å². The average Bonchev–Trinajstić information content (AvgIpc) is 2.74. The lowest BCUT2D eigenvalue weighted by molar-refractivity contribution is 0.565. The van der Waals surface area contributed by atoms with Crippen LogP contribution in [0.5, 0.6) is 0 Å². The lowest BCUT2D eigenvalue weighted by Crippen LogP contribution is -1.90. The van der Waals surface area contributed by atoms with Gasteiger partial charge in [0.15, 0.2) is 16.6 Å². The summed E-state index contributed by atoms with van der Waals surface area (Å²) < 4.78 is 26.3. The standard InChI is InChI=1S/C11H7F2N5S/c12-5-1-2-8(7(13)3-5)19-11-15-4-6-9(14)17-18-10(6)16-11/h1-4H,(H3,14,15,16,17,18). The number of nitrogens with zero attached hydrogens (tertiary/aromatic N) is 3. The summed E-state index contributed by atoms with van der Waals surface area (Å²) in [6.07, 6.45) is 1.50. The highest BCUT2D eigenvalue weighted by Crippen LogP contribution is 2.28. The maximum Gasteiger partial charge on any atom is 0.194 e. The van der Waals surface area contributed by atoms with Gasteiger partial charge in [0, 0.05) is 12.3 Å². The Morgan fingerprint density at radius 1 is 1.26 bits per heavy atom. The van der Waals surface area contributed by atoms with Crippen molar-refractivity contribution in [3.8, 4) is 0 Å². The minimum Gasteiger partial charge on any atom is -0.382 e. The molecular formula is C11H7F2N5S. The smallest absolute Gasteiger partial charge is 0.194 e. The van der Waals surface area contributed by atoms with Crippen molar-refractivity contribution in [2.45, 2.75) is 10.1 Å². The van der Waals surface area contributed by atoms with Gasteiger partial charge >= 0.3 is 0 Å². The van der Waals surface area contributed by atoms with Crippen LogP contribution in [0.15, 0.2) is 34.4 Å². The largest absolute Gasteiger partial charge is 0.382 e. The van der Waals surface area contributed by atoms with E-state index in [2.05, 4.69) is 20.2 Å². The summed E-state index contributed by atoms with van der Waals surface area (Å²) in [5, 5.41) is 7.36. The molecule has 0 bridgehead atoms. The van der Waals surface area contributed by atoms with Gasteiger partial charge < -0.3 is 5.73 Å². The molecule has 3 rings (SSSR count). The molecule has 3 N–H and O–H groups in total.